The highest BCUT2D eigenvalue weighted by molar-refractivity contribution is 7.10. The number of hydrogen-bond acceptors (Lipinski definition) is 3. The quantitative estimate of drug-likeness (QED) is 0.899. The van der Waals surface area contributed by atoms with Gasteiger partial charge in [-0.05, 0) is 43.7 Å². The number of thiophene rings is 1. The fourth-order valence-corrected chi connectivity index (χ4v) is 3.49. The number of nitrogens with one attached hydrogen (secondary N) is 1. The van der Waals surface area contributed by atoms with E-state index in [4.69, 9.17) is 0 Å². The highest BCUT2D eigenvalue weighted by atomic mass is 32.1. The fraction of sp³-hybridized carbons (Fsp3) is 0.667. The molecule has 1 N–H and O–H groups in total. The Balaban J connectivity index is 1.85. The Morgan fingerprint density at radius 1 is 1.53 bits per heavy atom. The van der Waals surface area contributed by atoms with Crippen LogP contribution in [0.15, 0.2) is 11.4 Å². The van der Waals surface area contributed by atoms with Crippen molar-refractivity contribution < 1.29 is 4.79 Å². The molecule has 1 amide bonds. The number of rotatable bonds is 5. The van der Waals surface area contributed by atoms with Crippen LogP contribution in [0.1, 0.15) is 44.1 Å². The second-order valence-electron chi connectivity index (χ2n) is 5.92. The minimum Gasteiger partial charge on any atom is -0.337 e. The third-order valence-electron chi connectivity index (χ3n) is 3.75. The molecule has 1 aromatic rings. The Morgan fingerprint density at radius 3 is 3.05 bits per heavy atom. The van der Waals surface area contributed by atoms with E-state index in [0.29, 0.717) is 6.54 Å². The van der Waals surface area contributed by atoms with Crippen LogP contribution in [0.3, 0.4) is 0 Å². The number of fused-ring (bicyclic) bond motifs is 1. The van der Waals surface area contributed by atoms with E-state index in [9.17, 15) is 4.79 Å². The summed E-state index contributed by atoms with van der Waals surface area (Å²) in [5, 5.41) is 5.51. The smallest absolute Gasteiger partial charge is 0.236 e. The molecule has 19 heavy (non-hydrogen) atoms. The number of carbonyl (C=O) groups is 1. The molecule has 3 nitrogen and oxygen atoms in total. The van der Waals surface area contributed by atoms with Crippen LogP contribution in [0.2, 0.25) is 0 Å². The van der Waals surface area contributed by atoms with Gasteiger partial charge in [0, 0.05) is 23.5 Å². The SMILES string of the molecule is CCCC(C)(C)NCC(=O)N1CCc2sccc2C1. The molecule has 0 atom stereocenters. The van der Waals surface area contributed by atoms with Gasteiger partial charge in [0.1, 0.15) is 0 Å². The van der Waals surface area contributed by atoms with Crippen molar-refractivity contribution >= 4 is 17.2 Å². The van der Waals surface area contributed by atoms with E-state index in [1.165, 1.54) is 10.4 Å². The maximum Gasteiger partial charge on any atom is 0.236 e. The van der Waals surface area contributed by atoms with Crippen LogP contribution >= 0.6 is 11.3 Å². The average Bonchev–Trinajstić information content (AvgIpc) is 2.83. The van der Waals surface area contributed by atoms with Crippen LogP contribution in [0.25, 0.3) is 0 Å². The van der Waals surface area contributed by atoms with E-state index < -0.39 is 0 Å². The Hall–Kier alpha value is -0.870. The fourth-order valence-electron chi connectivity index (χ4n) is 2.60. The van der Waals surface area contributed by atoms with Crippen LogP contribution in [0.4, 0.5) is 0 Å². The summed E-state index contributed by atoms with van der Waals surface area (Å²) in [6.45, 7) is 8.60. The van der Waals surface area contributed by atoms with Gasteiger partial charge in [-0.1, -0.05) is 13.3 Å². The van der Waals surface area contributed by atoms with E-state index in [0.717, 1.165) is 32.4 Å². The number of amides is 1. The third kappa shape index (κ3) is 3.80. The zero-order valence-corrected chi connectivity index (χ0v) is 13.0. The average molecular weight is 280 g/mol. The Morgan fingerprint density at radius 2 is 2.32 bits per heavy atom. The van der Waals surface area contributed by atoms with E-state index in [2.05, 4.69) is 37.5 Å². The van der Waals surface area contributed by atoms with Gasteiger partial charge in [-0.2, -0.15) is 0 Å². The molecule has 2 heterocycles. The van der Waals surface area contributed by atoms with Crippen LogP contribution < -0.4 is 5.32 Å². The first kappa shape index (κ1) is 14.5. The summed E-state index contributed by atoms with van der Waals surface area (Å²) in [7, 11) is 0. The van der Waals surface area contributed by atoms with E-state index in [1.54, 1.807) is 0 Å². The highest BCUT2D eigenvalue weighted by Gasteiger charge is 2.23. The second-order valence-corrected chi connectivity index (χ2v) is 6.92. The largest absolute Gasteiger partial charge is 0.337 e. The molecular formula is C15H24N2OS. The molecule has 1 aliphatic heterocycles. The summed E-state index contributed by atoms with van der Waals surface area (Å²) < 4.78 is 0. The van der Waals surface area contributed by atoms with Crippen molar-refractivity contribution in [2.75, 3.05) is 13.1 Å². The Labute approximate surface area is 120 Å². The van der Waals surface area contributed by atoms with Crippen molar-refractivity contribution in [3.63, 3.8) is 0 Å². The monoisotopic (exact) mass is 280 g/mol. The first-order chi connectivity index (χ1) is 9.02. The summed E-state index contributed by atoms with van der Waals surface area (Å²) >= 11 is 1.81. The van der Waals surface area contributed by atoms with Crippen molar-refractivity contribution in [2.45, 2.75) is 52.1 Å². The van der Waals surface area contributed by atoms with Gasteiger partial charge in [0.15, 0.2) is 0 Å². The van der Waals surface area contributed by atoms with Gasteiger partial charge >= 0.3 is 0 Å². The lowest BCUT2D eigenvalue weighted by molar-refractivity contribution is -0.131. The lowest BCUT2D eigenvalue weighted by Gasteiger charge is -2.30. The lowest BCUT2D eigenvalue weighted by Crippen LogP contribution is -2.47. The molecule has 4 heteroatoms. The van der Waals surface area contributed by atoms with Gasteiger partial charge in [0.25, 0.3) is 0 Å². The van der Waals surface area contributed by atoms with Crippen LogP contribution in [-0.4, -0.2) is 29.4 Å². The Kier molecular flexibility index (Phi) is 4.63. The molecular weight excluding hydrogens is 256 g/mol. The normalized spacial score (nSPS) is 15.4. The summed E-state index contributed by atoms with van der Waals surface area (Å²) in [4.78, 5) is 15.7. The summed E-state index contributed by atoms with van der Waals surface area (Å²) in [6.07, 6.45) is 3.24. The molecule has 106 valence electrons. The maximum absolute atomic E-state index is 12.2. The maximum atomic E-state index is 12.2. The second kappa shape index (κ2) is 6.06. The van der Waals surface area contributed by atoms with E-state index in [-0.39, 0.29) is 11.4 Å². The zero-order valence-electron chi connectivity index (χ0n) is 12.2. The molecule has 0 saturated heterocycles. The first-order valence-corrected chi connectivity index (χ1v) is 7.98. The lowest BCUT2D eigenvalue weighted by atomic mass is 9.99. The summed E-state index contributed by atoms with van der Waals surface area (Å²) in [5.74, 6) is 0.223. The highest BCUT2D eigenvalue weighted by Crippen LogP contribution is 2.24. The van der Waals surface area contributed by atoms with Gasteiger partial charge < -0.3 is 10.2 Å². The molecule has 0 unspecified atom stereocenters. The predicted molar refractivity (Wildman–Crippen MR) is 80.4 cm³/mol. The molecule has 0 bridgehead atoms. The zero-order chi connectivity index (χ0) is 13.9. The molecule has 0 fully saturated rings. The van der Waals surface area contributed by atoms with Crippen molar-refractivity contribution in [3.8, 4) is 0 Å². The van der Waals surface area contributed by atoms with E-state index in [1.807, 2.05) is 16.2 Å². The number of nitrogens with zero attached hydrogens (tertiary/aromatic N) is 1. The van der Waals surface area contributed by atoms with E-state index >= 15 is 0 Å². The van der Waals surface area contributed by atoms with Crippen molar-refractivity contribution in [1.29, 1.82) is 0 Å². The van der Waals surface area contributed by atoms with Gasteiger partial charge in [0.05, 0.1) is 6.54 Å². The third-order valence-corrected chi connectivity index (χ3v) is 4.78. The molecule has 1 aromatic heterocycles. The van der Waals surface area contributed by atoms with Crippen molar-refractivity contribution in [1.82, 2.24) is 10.2 Å². The molecule has 0 aromatic carbocycles. The Bertz CT molecular complexity index is 439. The van der Waals surface area contributed by atoms with Crippen LogP contribution in [0, 0.1) is 0 Å². The van der Waals surface area contributed by atoms with Crippen molar-refractivity contribution in [2.24, 2.45) is 0 Å². The molecule has 0 radical (unpaired) electrons. The molecule has 0 saturated carbocycles. The minimum absolute atomic E-state index is 0.0493. The van der Waals surface area contributed by atoms with Gasteiger partial charge in [-0.25, -0.2) is 0 Å². The summed E-state index contributed by atoms with van der Waals surface area (Å²) in [5.41, 5.74) is 1.38. The van der Waals surface area contributed by atoms with Crippen LogP contribution in [0.5, 0.6) is 0 Å². The number of carbonyl (C=O) groups excluding carboxylic acids is 1. The van der Waals surface area contributed by atoms with Crippen LogP contribution in [-0.2, 0) is 17.8 Å². The minimum atomic E-state index is 0.0493. The predicted octanol–water partition coefficient (Wildman–Crippen LogP) is 2.80. The van der Waals surface area contributed by atoms with Gasteiger partial charge in [0.2, 0.25) is 5.91 Å². The first-order valence-electron chi connectivity index (χ1n) is 7.10. The molecule has 1 aliphatic rings. The van der Waals surface area contributed by atoms with Crippen molar-refractivity contribution in [3.05, 3.63) is 21.9 Å². The number of hydrogen-bond donors (Lipinski definition) is 1. The summed E-state index contributed by atoms with van der Waals surface area (Å²) in [6, 6.07) is 2.15. The standard InChI is InChI=1S/C15H24N2OS/c1-4-7-15(2,3)16-10-14(18)17-8-5-13-12(11-17)6-9-19-13/h6,9,16H,4-5,7-8,10-11H2,1-3H3. The topological polar surface area (TPSA) is 32.3 Å². The molecule has 0 aliphatic carbocycles. The molecule has 2 rings (SSSR count). The van der Waals surface area contributed by atoms with Gasteiger partial charge in [-0.15, -0.1) is 11.3 Å². The van der Waals surface area contributed by atoms with Gasteiger partial charge in [-0.3, -0.25) is 4.79 Å². The molecule has 0 spiro atoms.